The van der Waals surface area contributed by atoms with E-state index >= 15 is 0 Å². The second kappa shape index (κ2) is 21.5. The van der Waals surface area contributed by atoms with Crippen molar-refractivity contribution < 1.29 is 78.9 Å². The van der Waals surface area contributed by atoms with Crippen LogP contribution in [-0.4, -0.2) is 167 Å². The molecule has 0 aromatic heterocycles. The van der Waals surface area contributed by atoms with Crippen molar-refractivity contribution >= 4 is 38.5 Å². The molecule has 0 bridgehead atoms. The lowest BCUT2D eigenvalue weighted by Gasteiger charge is -2.35. The van der Waals surface area contributed by atoms with Gasteiger partial charge in [-0.2, -0.15) is 25.3 Å². The normalized spacial score (nSPS) is 20.0. The van der Waals surface area contributed by atoms with Crippen molar-refractivity contribution in [3.05, 3.63) is 0 Å². The quantitative estimate of drug-likeness (QED) is 0.117. The molecule has 0 aromatic rings. The van der Waals surface area contributed by atoms with Crippen molar-refractivity contribution in [3.8, 4) is 0 Å². The first kappa shape index (κ1) is 45.4. The zero-order valence-electron chi connectivity index (χ0n) is 28.0. The Morgan fingerprint density at radius 2 is 0.652 bits per heavy atom. The first-order valence-corrected chi connectivity index (χ1v) is 19.0. The van der Waals surface area contributed by atoms with Gasteiger partial charge in [0, 0.05) is 38.5 Å². The summed E-state index contributed by atoms with van der Waals surface area (Å²) in [5.74, 6) is 0. The molecule has 0 N–H and O–H groups in total. The second-order valence-corrected chi connectivity index (χ2v) is 16.1. The highest BCUT2D eigenvalue weighted by Crippen LogP contribution is 2.17. The van der Waals surface area contributed by atoms with E-state index < -0.39 is 38.5 Å². The lowest BCUT2D eigenvalue weighted by Crippen LogP contribution is -2.56. The van der Waals surface area contributed by atoms with Crippen molar-refractivity contribution in [3.63, 3.8) is 0 Å². The highest BCUT2D eigenvalue weighted by atomic mass is 32.3. The Hall–Kier alpha value is -0.565. The van der Waals surface area contributed by atoms with Crippen molar-refractivity contribution in [1.29, 1.82) is 0 Å². The molecule has 0 spiro atoms. The zero-order chi connectivity index (χ0) is 35.5. The van der Waals surface area contributed by atoms with E-state index in [4.69, 9.17) is 15.1 Å². The summed E-state index contributed by atoms with van der Waals surface area (Å²) in [5, 5.41) is 25.2. The van der Waals surface area contributed by atoms with Gasteiger partial charge in [0.2, 0.25) is 0 Å². The minimum Gasteiger partial charge on any atom is -0.907 e. The Balaban J connectivity index is 0.000000623. The largest absolute Gasteiger partial charge is 0.907 e. The van der Waals surface area contributed by atoms with Gasteiger partial charge in [-0.25, -0.2) is 12.5 Å². The van der Waals surface area contributed by atoms with Crippen LogP contribution >= 0.6 is 0 Å². The van der Waals surface area contributed by atoms with E-state index in [0.29, 0.717) is 0 Å². The van der Waals surface area contributed by atoms with E-state index in [9.17, 15) is 25.3 Å². The Morgan fingerprint density at radius 3 is 0.804 bits per heavy atom. The molecule has 46 heavy (non-hydrogen) atoms. The molecule has 18 nitrogen and oxygen atoms in total. The molecule has 0 saturated carbocycles. The van der Waals surface area contributed by atoms with Crippen LogP contribution in [0.5, 0.6) is 0 Å². The first-order valence-electron chi connectivity index (χ1n) is 15.0. The number of rotatable bonds is 15. The lowest BCUT2D eigenvalue weighted by atomic mass is 10.3. The van der Waals surface area contributed by atoms with Crippen LogP contribution in [0.2, 0.25) is 0 Å². The second-order valence-electron chi connectivity index (χ2n) is 12.0. The van der Waals surface area contributed by atoms with E-state index in [2.05, 4.69) is 46.2 Å². The number of quaternary nitrogens is 3. The summed E-state index contributed by atoms with van der Waals surface area (Å²) >= 11 is 0. The molecule has 0 aromatic carbocycles. The highest BCUT2D eigenvalue weighted by molar-refractivity contribution is 7.82. The van der Waals surface area contributed by atoms with Gasteiger partial charge in [0.15, 0.2) is 0 Å². The Bertz CT molecular complexity index is 1000. The van der Waals surface area contributed by atoms with Gasteiger partial charge < -0.3 is 28.5 Å². The van der Waals surface area contributed by atoms with Gasteiger partial charge in [-0.05, 0) is 0 Å². The molecular weight excluding hydrogens is 677 g/mol. The minimum atomic E-state index is -3.75. The van der Waals surface area contributed by atoms with E-state index in [1.54, 1.807) is 0 Å². The predicted molar refractivity (Wildman–Crippen MR) is 161 cm³/mol. The maximum Gasteiger partial charge on any atom is 0.399 e. The number of likely N-dealkylation sites (tertiary alicyclic amines) is 3. The van der Waals surface area contributed by atoms with Crippen molar-refractivity contribution in [2.75, 3.05) is 121 Å². The molecule has 0 unspecified atom stereocenters. The molecule has 0 radical (unpaired) electrons. The van der Waals surface area contributed by atoms with Crippen LogP contribution in [0.25, 0.3) is 0 Å². The highest BCUT2D eigenvalue weighted by Gasteiger charge is 2.29. The van der Waals surface area contributed by atoms with Gasteiger partial charge in [0.25, 0.3) is 0 Å². The van der Waals surface area contributed by atoms with Gasteiger partial charge in [-0.1, -0.05) is 0 Å². The summed E-state index contributed by atoms with van der Waals surface area (Å²) in [6, 6.07) is 0. The summed E-state index contributed by atoms with van der Waals surface area (Å²) in [6.07, 6.45) is 7.29. The Morgan fingerprint density at radius 1 is 0.478 bits per heavy atom. The molecule has 3 saturated heterocycles. The van der Waals surface area contributed by atoms with Gasteiger partial charge >= 0.3 is 31.2 Å². The fourth-order valence-electron chi connectivity index (χ4n) is 5.19. The summed E-state index contributed by atoms with van der Waals surface area (Å²) in [4.78, 5) is 0. The van der Waals surface area contributed by atoms with Crippen LogP contribution in [0.3, 0.4) is 0 Å². The summed E-state index contributed by atoms with van der Waals surface area (Å²) in [5.41, 5.74) is 0. The van der Waals surface area contributed by atoms with Gasteiger partial charge in [-0.3, -0.25) is 19.9 Å². The SMILES string of the molecule is COS(=O)(=O)OCC[N+]1(C)CCCC1.COS(=O)(=O)OCC[N+]1(C)CCCC1.COS(=O)(=O)OCC[N+]1(C)CCCC1.[O-]B([O-])[O-]. The van der Waals surface area contributed by atoms with Crippen molar-refractivity contribution in [2.45, 2.75) is 38.5 Å². The topological polar surface area (TPSA) is 227 Å². The molecule has 3 aliphatic rings. The van der Waals surface area contributed by atoms with Crippen LogP contribution in [0.1, 0.15) is 38.5 Å². The fourth-order valence-corrected chi connectivity index (χ4v) is 6.32. The molecule has 3 aliphatic heterocycles. The van der Waals surface area contributed by atoms with Gasteiger partial charge in [-0.15, -0.1) is 0 Å². The minimum absolute atomic E-state index is 0.201. The van der Waals surface area contributed by atoms with Gasteiger partial charge in [0.1, 0.15) is 39.5 Å². The van der Waals surface area contributed by atoms with Crippen LogP contribution in [0.15, 0.2) is 0 Å². The van der Waals surface area contributed by atoms with E-state index in [-0.39, 0.29) is 19.8 Å². The van der Waals surface area contributed by atoms with Gasteiger partial charge in [0.05, 0.1) is 81.7 Å². The summed E-state index contributed by atoms with van der Waals surface area (Å²) in [7, 11) is -4.50. The zero-order valence-corrected chi connectivity index (χ0v) is 30.4. The molecule has 0 atom stereocenters. The standard InChI is InChI=1S/3C8H18NO4S.BO3/c3*1-9(5-3-4-6-9)7-8-13-14(10,11)12-2;2-1(3)4/h3*3-8H2,1-2H3;/q3*+1;-3. The number of hydrogen-bond donors (Lipinski definition) is 0. The Labute approximate surface area is 276 Å². The van der Waals surface area contributed by atoms with Crippen molar-refractivity contribution in [1.82, 2.24) is 0 Å². The maximum atomic E-state index is 10.8. The smallest absolute Gasteiger partial charge is 0.399 e. The first-order chi connectivity index (χ1) is 21.2. The average molecular weight is 732 g/mol. The van der Waals surface area contributed by atoms with E-state index in [0.717, 1.165) is 93.7 Å². The molecule has 3 fully saturated rings. The molecule has 0 amide bonds. The number of nitrogens with zero attached hydrogens (tertiary/aromatic N) is 3. The molecule has 22 heteroatoms. The Kier molecular flexibility index (Phi) is 21.2. The number of likely N-dealkylation sites (N-methyl/N-ethyl adjacent to an activating group) is 3. The van der Waals surface area contributed by atoms with Crippen LogP contribution in [-0.2, 0) is 56.3 Å². The summed E-state index contributed by atoms with van der Waals surface area (Å²) < 4.78 is 94.1. The molecule has 3 rings (SSSR count). The third kappa shape index (κ3) is 22.1. The predicted octanol–water partition coefficient (Wildman–Crippen LogP) is -3.54. The third-order valence-electron chi connectivity index (χ3n) is 8.13. The summed E-state index contributed by atoms with van der Waals surface area (Å²) in [6.45, 7) is 9.42. The van der Waals surface area contributed by atoms with Crippen LogP contribution in [0, 0.1) is 0 Å². The van der Waals surface area contributed by atoms with Crippen LogP contribution < -0.4 is 15.1 Å². The third-order valence-corrected chi connectivity index (χ3v) is 10.7. The van der Waals surface area contributed by atoms with E-state index in [1.807, 2.05) is 0 Å². The van der Waals surface area contributed by atoms with Crippen molar-refractivity contribution in [2.24, 2.45) is 0 Å². The molecule has 276 valence electrons. The maximum absolute atomic E-state index is 10.8. The molecular formula is C24H54BN3O15S3. The number of hydrogen-bond acceptors (Lipinski definition) is 15. The lowest BCUT2D eigenvalue weighted by molar-refractivity contribution is -0.897. The molecule has 0 aliphatic carbocycles. The van der Waals surface area contributed by atoms with E-state index in [1.165, 1.54) is 38.5 Å². The van der Waals surface area contributed by atoms with Crippen LogP contribution in [0.4, 0.5) is 0 Å². The molecule has 3 heterocycles. The monoisotopic (exact) mass is 731 g/mol. The fraction of sp³-hybridized carbons (Fsp3) is 1.00. The average Bonchev–Trinajstić information content (AvgIpc) is 3.71.